The summed E-state index contributed by atoms with van der Waals surface area (Å²) in [5.74, 6) is -0.151. The van der Waals surface area contributed by atoms with Gasteiger partial charge in [0, 0.05) is 19.1 Å². The molecular formula is C15H27N5O2S. The van der Waals surface area contributed by atoms with Gasteiger partial charge in [0.2, 0.25) is 5.88 Å². The fraction of sp³-hybridized carbons (Fsp3) is 0.667. The predicted octanol–water partition coefficient (Wildman–Crippen LogP) is 1.85. The highest BCUT2D eigenvalue weighted by molar-refractivity contribution is 7.71. The van der Waals surface area contributed by atoms with Gasteiger partial charge in [0.25, 0.3) is 5.56 Å². The number of hydrazone groups is 1. The van der Waals surface area contributed by atoms with Crippen LogP contribution in [0.1, 0.15) is 45.7 Å². The second kappa shape index (κ2) is 9.46. The summed E-state index contributed by atoms with van der Waals surface area (Å²) in [6, 6.07) is -0.0119. The number of nitrogens with zero attached hydrogens (tertiary/aromatic N) is 3. The molecule has 0 aliphatic carbocycles. The van der Waals surface area contributed by atoms with E-state index in [2.05, 4.69) is 34.3 Å². The highest BCUT2D eigenvalue weighted by atomic mass is 32.1. The molecule has 0 saturated carbocycles. The van der Waals surface area contributed by atoms with Crippen molar-refractivity contribution in [3.63, 3.8) is 0 Å². The first-order chi connectivity index (χ1) is 11.0. The molecule has 0 radical (unpaired) electrons. The van der Waals surface area contributed by atoms with Crippen LogP contribution in [0.4, 0.5) is 0 Å². The number of hydrogen-bond acceptors (Lipinski definition) is 6. The van der Waals surface area contributed by atoms with Crippen molar-refractivity contribution in [2.24, 2.45) is 5.10 Å². The summed E-state index contributed by atoms with van der Waals surface area (Å²) in [6.07, 6.45) is 2.12. The van der Waals surface area contributed by atoms with Gasteiger partial charge in [0.15, 0.2) is 4.77 Å². The third-order valence-electron chi connectivity index (χ3n) is 3.90. The maximum atomic E-state index is 12.0. The van der Waals surface area contributed by atoms with Crippen molar-refractivity contribution < 1.29 is 5.11 Å². The van der Waals surface area contributed by atoms with E-state index in [0.29, 0.717) is 6.54 Å². The average molecular weight is 341 g/mol. The minimum atomic E-state index is -0.443. The number of H-pyrrole nitrogens is 1. The van der Waals surface area contributed by atoms with Crippen molar-refractivity contribution in [2.75, 3.05) is 26.2 Å². The first kappa shape index (κ1) is 19.4. The van der Waals surface area contributed by atoms with Crippen LogP contribution >= 0.6 is 12.2 Å². The molecule has 0 aliphatic heterocycles. The lowest BCUT2D eigenvalue weighted by molar-refractivity contribution is 0.303. The molecule has 7 nitrogen and oxygen atoms in total. The standard InChI is InChI=1S/C15H27N5O2S/c1-5-11(4)20-14(22)12(13(21)18-15(20)23)10-17-16-8-9-19(6-2)7-3/h10-11,16,22H,5-9H2,1-4H3,(H,18,21,23)/b17-10+/t11-/m1/s1. The Morgan fingerprint density at radius 1 is 1.43 bits per heavy atom. The van der Waals surface area contributed by atoms with Crippen LogP contribution in [0, 0.1) is 4.77 Å². The summed E-state index contributed by atoms with van der Waals surface area (Å²) in [5, 5.41) is 14.4. The quantitative estimate of drug-likeness (QED) is 0.276. The van der Waals surface area contributed by atoms with Gasteiger partial charge in [-0.25, -0.2) is 0 Å². The molecule has 0 spiro atoms. The lowest BCUT2D eigenvalue weighted by Crippen LogP contribution is -2.30. The van der Waals surface area contributed by atoms with Crippen LogP contribution in [-0.4, -0.2) is 52.0 Å². The van der Waals surface area contributed by atoms with Crippen molar-refractivity contribution in [1.82, 2.24) is 19.9 Å². The Bertz CT molecular complexity index is 634. The fourth-order valence-corrected chi connectivity index (χ4v) is 2.54. The summed E-state index contributed by atoms with van der Waals surface area (Å²) >= 11 is 5.12. The maximum Gasteiger partial charge on any atom is 0.264 e. The SMILES string of the molecule is CC[C@@H](C)n1c(O)c(/C=N/NCCN(CC)CC)c(=O)[nH]c1=S. The minimum Gasteiger partial charge on any atom is -0.494 e. The molecule has 0 bridgehead atoms. The molecule has 1 aromatic heterocycles. The number of aromatic amines is 1. The Labute approximate surface area is 142 Å². The zero-order valence-corrected chi connectivity index (χ0v) is 15.1. The minimum absolute atomic E-state index is 0.0119. The van der Waals surface area contributed by atoms with E-state index in [0.717, 1.165) is 26.1 Å². The summed E-state index contributed by atoms with van der Waals surface area (Å²) in [4.78, 5) is 16.8. The maximum absolute atomic E-state index is 12.0. The van der Waals surface area contributed by atoms with E-state index in [1.165, 1.54) is 10.8 Å². The second-order valence-electron chi connectivity index (χ2n) is 5.32. The van der Waals surface area contributed by atoms with E-state index < -0.39 is 5.56 Å². The summed E-state index contributed by atoms with van der Waals surface area (Å²) < 4.78 is 1.75. The molecule has 0 unspecified atom stereocenters. The number of likely N-dealkylation sites (N-methyl/N-ethyl adjacent to an activating group) is 1. The van der Waals surface area contributed by atoms with Crippen LogP contribution in [0.5, 0.6) is 5.88 Å². The predicted molar refractivity (Wildman–Crippen MR) is 95.9 cm³/mol. The Morgan fingerprint density at radius 2 is 2.09 bits per heavy atom. The van der Waals surface area contributed by atoms with Gasteiger partial charge in [-0.2, -0.15) is 5.10 Å². The molecule has 8 heteroatoms. The van der Waals surface area contributed by atoms with Crippen molar-refractivity contribution >= 4 is 18.4 Å². The molecule has 1 aromatic rings. The van der Waals surface area contributed by atoms with E-state index in [1.54, 1.807) is 0 Å². The largest absolute Gasteiger partial charge is 0.494 e. The van der Waals surface area contributed by atoms with Gasteiger partial charge in [0.1, 0.15) is 5.56 Å². The van der Waals surface area contributed by atoms with Crippen LogP contribution in [-0.2, 0) is 0 Å². The van der Waals surface area contributed by atoms with E-state index >= 15 is 0 Å². The molecule has 0 fully saturated rings. The molecule has 0 saturated heterocycles. The number of rotatable bonds is 9. The van der Waals surface area contributed by atoms with Gasteiger partial charge in [-0.1, -0.05) is 20.8 Å². The van der Waals surface area contributed by atoms with Crippen LogP contribution in [0.25, 0.3) is 0 Å². The third kappa shape index (κ3) is 5.18. The van der Waals surface area contributed by atoms with Gasteiger partial charge in [0.05, 0.1) is 6.21 Å². The van der Waals surface area contributed by atoms with Gasteiger partial charge >= 0.3 is 0 Å². The Hall–Kier alpha value is -1.67. The Kier molecular flexibility index (Phi) is 7.97. The molecular weight excluding hydrogens is 314 g/mol. The Morgan fingerprint density at radius 3 is 2.65 bits per heavy atom. The molecule has 1 rings (SSSR count). The first-order valence-corrected chi connectivity index (χ1v) is 8.43. The van der Waals surface area contributed by atoms with Crippen molar-refractivity contribution in [3.8, 4) is 5.88 Å². The number of hydrogen-bond donors (Lipinski definition) is 3. The van der Waals surface area contributed by atoms with E-state index in [9.17, 15) is 9.90 Å². The zero-order valence-electron chi connectivity index (χ0n) is 14.3. The summed E-state index contributed by atoms with van der Waals surface area (Å²) in [7, 11) is 0. The normalized spacial score (nSPS) is 12.9. The van der Waals surface area contributed by atoms with Crippen molar-refractivity contribution in [2.45, 2.75) is 40.2 Å². The second-order valence-corrected chi connectivity index (χ2v) is 5.70. The molecule has 0 amide bonds. The third-order valence-corrected chi connectivity index (χ3v) is 4.20. The number of nitrogens with one attached hydrogen (secondary N) is 2. The molecule has 0 aliphatic rings. The summed E-state index contributed by atoms with van der Waals surface area (Å²) in [5.41, 5.74) is 2.56. The van der Waals surface area contributed by atoms with E-state index in [-0.39, 0.29) is 22.3 Å². The molecule has 0 aromatic carbocycles. The monoisotopic (exact) mass is 341 g/mol. The first-order valence-electron chi connectivity index (χ1n) is 8.02. The smallest absolute Gasteiger partial charge is 0.264 e. The zero-order chi connectivity index (χ0) is 17.4. The van der Waals surface area contributed by atoms with Crippen LogP contribution in [0.15, 0.2) is 9.90 Å². The highest BCUT2D eigenvalue weighted by Crippen LogP contribution is 2.19. The topological polar surface area (TPSA) is 85.7 Å². The van der Waals surface area contributed by atoms with Gasteiger partial charge in [-0.05, 0) is 38.7 Å². The van der Waals surface area contributed by atoms with Gasteiger partial charge < -0.3 is 15.4 Å². The fourth-order valence-electron chi connectivity index (χ4n) is 2.18. The van der Waals surface area contributed by atoms with Gasteiger partial charge in [-0.15, -0.1) is 0 Å². The number of aromatic hydroxyl groups is 1. The molecule has 1 heterocycles. The van der Waals surface area contributed by atoms with Crippen LogP contribution in [0.3, 0.4) is 0 Å². The molecule has 1 atom stereocenters. The lowest BCUT2D eigenvalue weighted by Gasteiger charge is -2.17. The van der Waals surface area contributed by atoms with Crippen molar-refractivity contribution in [3.05, 3.63) is 20.7 Å². The average Bonchev–Trinajstić information content (AvgIpc) is 2.52. The van der Waals surface area contributed by atoms with Crippen LogP contribution in [0.2, 0.25) is 0 Å². The molecule has 130 valence electrons. The van der Waals surface area contributed by atoms with E-state index in [4.69, 9.17) is 12.2 Å². The lowest BCUT2D eigenvalue weighted by atomic mass is 10.2. The molecule has 23 heavy (non-hydrogen) atoms. The molecule has 3 N–H and O–H groups in total. The highest BCUT2D eigenvalue weighted by Gasteiger charge is 2.14. The Balaban J connectivity index is 2.86. The number of aromatic nitrogens is 2. The van der Waals surface area contributed by atoms with Gasteiger partial charge in [-0.3, -0.25) is 14.3 Å². The summed E-state index contributed by atoms with van der Waals surface area (Å²) in [6.45, 7) is 11.6. The van der Waals surface area contributed by atoms with Crippen LogP contribution < -0.4 is 11.0 Å². The van der Waals surface area contributed by atoms with Crippen molar-refractivity contribution in [1.29, 1.82) is 0 Å². The van der Waals surface area contributed by atoms with E-state index in [1.807, 2.05) is 13.8 Å².